The Balaban J connectivity index is 1.56. The second kappa shape index (κ2) is 10.6. The highest BCUT2D eigenvalue weighted by molar-refractivity contribution is 5.83. The van der Waals surface area contributed by atoms with Crippen LogP contribution in [-0.2, 0) is 16.0 Å². The predicted molar refractivity (Wildman–Crippen MR) is 127 cm³/mol. The second-order valence-electron chi connectivity index (χ2n) is 9.07. The largest absolute Gasteiger partial charge is 0.340 e. The van der Waals surface area contributed by atoms with Crippen LogP contribution >= 0.6 is 0 Å². The molecule has 2 aliphatic rings. The summed E-state index contributed by atoms with van der Waals surface area (Å²) in [7, 11) is 0. The molecule has 1 saturated carbocycles. The predicted octanol–water partition coefficient (Wildman–Crippen LogP) is 4.34. The van der Waals surface area contributed by atoms with E-state index in [1.165, 1.54) is 12.8 Å². The minimum Gasteiger partial charge on any atom is -0.340 e. The van der Waals surface area contributed by atoms with Crippen molar-refractivity contribution in [3.63, 3.8) is 0 Å². The minimum atomic E-state index is -0.261. The summed E-state index contributed by atoms with van der Waals surface area (Å²) in [4.78, 5) is 34.6. The van der Waals surface area contributed by atoms with Gasteiger partial charge in [-0.15, -0.1) is 6.58 Å². The van der Waals surface area contributed by atoms with Gasteiger partial charge in [0.05, 0.1) is 5.92 Å². The Morgan fingerprint density at radius 3 is 2.69 bits per heavy atom. The average Bonchev–Trinajstić information content (AvgIpc) is 3.28. The van der Waals surface area contributed by atoms with Gasteiger partial charge < -0.3 is 9.80 Å². The summed E-state index contributed by atoms with van der Waals surface area (Å²) >= 11 is 0. The Morgan fingerprint density at radius 2 is 1.94 bits per heavy atom. The fourth-order valence-electron chi connectivity index (χ4n) is 5.12. The molecule has 1 aliphatic carbocycles. The number of hydrogen-bond acceptors (Lipinski definition) is 3. The van der Waals surface area contributed by atoms with E-state index in [0.29, 0.717) is 44.9 Å². The van der Waals surface area contributed by atoms with Gasteiger partial charge in [0.1, 0.15) is 0 Å². The molecule has 0 unspecified atom stereocenters. The quantitative estimate of drug-likeness (QED) is 0.613. The van der Waals surface area contributed by atoms with E-state index in [9.17, 15) is 9.59 Å². The van der Waals surface area contributed by atoms with Crippen molar-refractivity contribution in [2.24, 2.45) is 11.8 Å². The molecule has 32 heavy (non-hydrogen) atoms. The van der Waals surface area contributed by atoms with Crippen LogP contribution in [0.2, 0.25) is 0 Å². The molecule has 0 bridgehead atoms. The van der Waals surface area contributed by atoms with Crippen molar-refractivity contribution in [2.45, 2.75) is 38.5 Å². The van der Waals surface area contributed by atoms with Crippen LogP contribution in [0.3, 0.4) is 0 Å². The summed E-state index contributed by atoms with van der Waals surface area (Å²) in [6.07, 6.45) is 11.4. The number of carbonyl (C=O) groups excluding carboxylic acids is 2. The highest BCUT2D eigenvalue weighted by Crippen LogP contribution is 2.30. The Bertz CT molecular complexity index is 937. The summed E-state index contributed by atoms with van der Waals surface area (Å²) in [5.74, 6) is 0.566. The van der Waals surface area contributed by atoms with E-state index in [-0.39, 0.29) is 17.7 Å². The zero-order chi connectivity index (χ0) is 22.3. The van der Waals surface area contributed by atoms with Gasteiger partial charge >= 0.3 is 0 Å². The molecule has 5 nitrogen and oxygen atoms in total. The number of amides is 2. The zero-order valence-corrected chi connectivity index (χ0v) is 18.8. The van der Waals surface area contributed by atoms with Crippen LogP contribution in [0.25, 0.3) is 11.1 Å². The number of carbonyl (C=O) groups is 2. The van der Waals surface area contributed by atoms with Gasteiger partial charge in [-0.25, -0.2) is 0 Å². The van der Waals surface area contributed by atoms with E-state index in [1.54, 1.807) is 12.3 Å². The molecule has 2 aromatic rings. The third-order valence-corrected chi connectivity index (χ3v) is 6.84. The van der Waals surface area contributed by atoms with Crippen LogP contribution in [0.5, 0.6) is 0 Å². The third kappa shape index (κ3) is 5.26. The first-order chi connectivity index (χ1) is 15.7. The maximum Gasteiger partial charge on any atom is 0.228 e. The minimum absolute atomic E-state index is 0.113. The van der Waals surface area contributed by atoms with Crippen LogP contribution in [0.4, 0.5) is 0 Å². The number of pyridine rings is 1. The van der Waals surface area contributed by atoms with Crippen molar-refractivity contribution in [2.75, 3.05) is 26.2 Å². The standard InChI is InChI=1S/C27H33N3O2/c1-2-14-29-15-16-30(26(31)17-21-8-3-4-9-21)20-24(27(29)32)18-22-10-5-6-12-25(22)23-11-7-13-28-19-23/h2,5-7,10-13,19,21,24H,1,3-4,8-9,14-18,20H2/t24-/m1/s1. The molecule has 2 fully saturated rings. The van der Waals surface area contributed by atoms with Crippen molar-refractivity contribution in [3.8, 4) is 11.1 Å². The molecular weight excluding hydrogens is 398 g/mol. The summed E-state index contributed by atoms with van der Waals surface area (Å²) < 4.78 is 0. The smallest absolute Gasteiger partial charge is 0.228 e. The number of hydrogen-bond donors (Lipinski definition) is 0. The zero-order valence-electron chi connectivity index (χ0n) is 18.8. The molecule has 1 atom stereocenters. The van der Waals surface area contributed by atoms with Gasteiger partial charge in [-0.2, -0.15) is 0 Å². The van der Waals surface area contributed by atoms with Gasteiger partial charge in [-0.1, -0.05) is 49.2 Å². The molecule has 4 rings (SSSR count). The Kier molecular flexibility index (Phi) is 7.35. The fraction of sp³-hybridized carbons (Fsp3) is 0.444. The molecule has 0 radical (unpaired) electrons. The van der Waals surface area contributed by atoms with E-state index < -0.39 is 0 Å². The molecule has 0 spiro atoms. The summed E-state index contributed by atoms with van der Waals surface area (Å²) in [6.45, 7) is 6.00. The van der Waals surface area contributed by atoms with E-state index in [2.05, 4.69) is 23.7 Å². The van der Waals surface area contributed by atoms with E-state index in [0.717, 1.165) is 29.5 Å². The average molecular weight is 432 g/mol. The topological polar surface area (TPSA) is 53.5 Å². The molecule has 2 heterocycles. The lowest BCUT2D eigenvalue weighted by atomic mass is 9.91. The third-order valence-electron chi connectivity index (χ3n) is 6.84. The highest BCUT2D eigenvalue weighted by Gasteiger charge is 2.33. The van der Waals surface area contributed by atoms with Crippen molar-refractivity contribution in [3.05, 3.63) is 67.0 Å². The number of rotatable bonds is 7. The molecule has 1 saturated heterocycles. The van der Waals surface area contributed by atoms with E-state index in [4.69, 9.17) is 0 Å². The van der Waals surface area contributed by atoms with Crippen molar-refractivity contribution in [1.29, 1.82) is 0 Å². The fourth-order valence-corrected chi connectivity index (χ4v) is 5.12. The first-order valence-corrected chi connectivity index (χ1v) is 11.8. The number of benzene rings is 1. The van der Waals surface area contributed by atoms with Crippen molar-refractivity contribution >= 4 is 11.8 Å². The summed E-state index contributed by atoms with van der Waals surface area (Å²) in [5.41, 5.74) is 3.25. The van der Waals surface area contributed by atoms with Gasteiger partial charge in [0.15, 0.2) is 0 Å². The van der Waals surface area contributed by atoms with Gasteiger partial charge in [0.2, 0.25) is 11.8 Å². The number of nitrogens with zero attached hydrogens (tertiary/aromatic N) is 3. The SMILES string of the molecule is C=CCN1CCN(C(=O)CC2CCCC2)C[C@@H](Cc2ccccc2-c2cccnc2)C1=O. The highest BCUT2D eigenvalue weighted by atomic mass is 16.2. The normalized spacial score (nSPS) is 19.8. The molecule has 0 N–H and O–H groups in total. The first kappa shape index (κ1) is 22.3. The van der Waals surface area contributed by atoms with Gasteiger partial charge in [0, 0.05) is 50.6 Å². The molecule has 5 heteroatoms. The van der Waals surface area contributed by atoms with Gasteiger partial charge in [0.25, 0.3) is 0 Å². The van der Waals surface area contributed by atoms with Crippen LogP contribution in [0.15, 0.2) is 61.4 Å². The van der Waals surface area contributed by atoms with E-state index in [1.807, 2.05) is 40.3 Å². The second-order valence-corrected chi connectivity index (χ2v) is 9.07. The number of aromatic nitrogens is 1. The Labute approximate surface area is 191 Å². The van der Waals surface area contributed by atoms with Crippen LogP contribution in [0, 0.1) is 11.8 Å². The molecule has 168 valence electrons. The molecular formula is C27H33N3O2. The maximum absolute atomic E-state index is 13.4. The van der Waals surface area contributed by atoms with Gasteiger partial charge in [-0.3, -0.25) is 14.6 Å². The van der Waals surface area contributed by atoms with Crippen molar-refractivity contribution in [1.82, 2.24) is 14.8 Å². The molecule has 1 aliphatic heterocycles. The van der Waals surface area contributed by atoms with Crippen molar-refractivity contribution < 1.29 is 9.59 Å². The lowest BCUT2D eigenvalue weighted by Gasteiger charge is -2.25. The first-order valence-electron chi connectivity index (χ1n) is 11.8. The Morgan fingerprint density at radius 1 is 1.12 bits per heavy atom. The van der Waals surface area contributed by atoms with Crippen LogP contribution in [-0.4, -0.2) is 52.8 Å². The molecule has 1 aromatic carbocycles. The lowest BCUT2D eigenvalue weighted by Crippen LogP contribution is -2.38. The molecule has 2 amide bonds. The summed E-state index contributed by atoms with van der Waals surface area (Å²) in [6, 6.07) is 12.2. The maximum atomic E-state index is 13.4. The van der Waals surface area contributed by atoms with Crippen LogP contribution in [0.1, 0.15) is 37.7 Å². The van der Waals surface area contributed by atoms with E-state index >= 15 is 0 Å². The summed E-state index contributed by atoms with van der Waals surface area (Å²) in [5, 5.41) is 0. The molecule has 1 aromatic heterocycles. The monoisotopic (exact) mass is 431 g/mol. The Hall–Kier alpha value is -2.95. The van der Waals surface area contributed by atoms with Crippen LogP contribution < -0.4 is 0 Å². The van der Waals surface area contributed by atoms with Gasteiger partial charge in [-0.05, 0) is 42.4 Å². The lowest BCUT2D eigenvalue weighted by molar-refractivity contribution is -0.134.